The summed E-state index contributed by atoms with van der Waals surface area (Å²) in [6.07, 6.45) is 4.08. The summed E-state index contributed by atoms with van der Waals surface area (Å²) in [6.45, 7) is 1.71. The molecule has 0 aliphatic carbocycles. The molecule has 0 unspecified atom stereocenters. The van der Waals surface area contributed by atoms with Crippen LogP contribution in [0.2, 0.25) is 0 Å². The lowest BCUT2D eigenvalue weighted by Crippen LogP contribution is -2.38. The molecule has 19 heavy (non-hydrogen) atoms. The van der Waals surface area contributed by atoms with Crippen LogP contribution in [-0.2, 0) is 6.42 Å². The molecule has 1 aromatic carbocycles. The Labute approximate surface area is 119 Å². The summed E-state index contributed by atoms with van der Waals surface area (Å²) < 4.78 is 12.7. The maximum Gasteiger partial charge on any atom is 0.190 e. The van der Waals surface area contributed by atoms with E-state index >= 15 is 0 Å². The molecule has 1 aromatic rings. The molecule has 0 amide bonds. The van der Waals surface area contributed by atoms with Gasteiger partial charge in [0, 0.05) is 20.1 Å². The van der Waals surface area contributed by atoms with E-state index in [2.05, 4.69) is 21.9 Å². The van der Waals surface area contributed by atoms with Crippen molar-refractivity contribution in [3.05, 3.63) is 35.6 Å². The van der Waals surface area contributed by atoms with Crippen LogP contribution >= 0.6 is 11.8 Å². The summed E-state index contributed by atoms with van der Waals surface area (Å²) in [5.74, 6) is 1.78. The van der Waals surface area contributed by atoms with Crippen molar-refractivity contribution in [3.63, 3.8) is 0 Å². The molecule has 0 spiro atoms. The Morgan fingerprint density at radius 3 is 2.53 bits per heavy atom. The summed E-state index contributed by atoms with van der Waals surface area (Å²) in [4.78, 5) is 4.16. The fourth-order valence-electron chi connectivity index (χ4n) is 1.62. The summed E-state index contributed by atoms with van der Waals surface area (Å²) in [5, 5.41) is 6.51. The highest BCUT2D eigenvalue weighted by Crippen LogP contribution is 2.02. The van der Waals surface area contributed by atoms with Gasteiger partial charge < -0.3 is 10.6 Å². The molecule has 0 bridgehead atoms. The van der Waals surface area contributed by atoms with Crippen LogP contribution in [0.5, 0.6) is 0 Å². The maximum atomic E-state index is 12.7. The van der Waals surface area contributed by atoms with Gasteiger partial charge in [-0.2, -0.15) is 11.8 Å². The van der Waals surface area contributed by atoms with Crippen molar-refractivity contribution in [1.82, 2.24) is 10.6 Å². The molecule has 0 saturated heterocycles. The van der Waals surface area contributed by atoms with Crippen molar-refractivity contribution < 1.29 is 4.39 Å². The van der Waals surface area contributed by atoms with Gasteiger partial charge in [0.25, 0.3) is 0 Å². The molecule has 0 aliphatic heterocycles. The molecule has 0 fully saturated rings. The van der Waals surface area contributed by atoms with E-state index < -0.39 is 0 Å². The first-order valence-electron chi connectivity index (χ1n) is 6.44. The van der Waals surface area contributed by atoms with Crippen molar-refractivity contribution in [3.8, 4) is 0 Å². The molecule has 1 rings (SSSR count). The Morgan fingerprint density at radius 2 is 1.89 bits per heavy atom. The fourth-order valence-corrected chi connectivity index (χ4v) is 2.05. The first kappa shape index (κ1) is 15.8. The van der Waals surface area contributed by atoms with Crippen molar-refractivity contribution in [1.29, 1.82) is 0 Å². The second kappa shape index (κ2) is 9.67. The highest BCUT2D eigenvalue weighted by Gasteiger charge is 1.98. The van der Waals surface area contributed by atoms with Crippen LogP contribution in [0.4, 0.5) is 4.39 Å². The van der Waals surface area contributed by atoms with E-state index in [1.54, 1.807) is 7.05 Å². The lowest BCUT2D eigenvalue weighted by molar-refractivity contribution is 0.626. The van der Waals surface area contributed by atoms with Crippen molar-refractivity contribution in [2.45, 2.75) is 12.8 Å². The second-order valence-electron chi connectivity index (χ2n) is 4.15. The van der Waals surface area contributed by atoms with Crippen LogP contribution in [0.3, 0.4) is 0 Å². The van der Waals surface area contributed by atoms with Gasteiger partial charge in [0.1, 0.15) is 5.82 Å². The smallest absolute Gasteiger partial charge is 0.190 e. The van der Waals surface area contributed by atoms with Crippen LogP contribution in [-0.4, -0.2) is 38.1 Å². The number of rotatable bonds is 7. The van der Waals surface area contributed by atoms with E-state index in [4.69, 9.17) is 0 Å². The van der Waals surface area contributed by atoms with Gasteiger partial charge in [0.2, 0.25) is 0 Å². The molecule has 0 aliphatic rings. The highest BCUT2D eigenvalue weighted by atomic mass is 32.2. The average molecular weight is 283 g/mol. The summed E-state index contributed by atoms with van der Waals surface area (Å²) in [6, 6.07) is 6.60. The Kier molecular flexibility index (Phi) is 8.05. The third kappa shape index (κ3) is 7.06. The van der Waals surface area contributed by atoms with E-state index in [0.717, 1.165) is 43.2 Å². The molecule has 0 atom stereocenters. The number of nitrogens with zero attached hydrogens (tertiary/aromatic N) is 1. The molecule has 2 N–H and O–H groups in total. The number of nitrogens with one attached hydrogen (secondary N) is 2. The van der Waals surface area contributed by atoms with Crippen molar-refractivity contribution in [2.24, 2.45) is 4.99 Å². The van der Waals surface area contributed by atoms with E-state index in [1.807, 2.05) is 23.9 Å². The third-order valence-electron chi connectivity index (χ3n) is 2.66. The maximum absolute atomic E-state index is 12.7. The van der Waals surface area contributed by atoms with Gasteiger partial charge in [-0.15, -0.1) is 0 Å². The molecule has 5 heteroatoms. The van der Waals surface area contributed by atoms with Crippen LogP contribution in [0, 0.1) is 5.82 Å². The predicted molar refractivity (Wildman–Crippen MR) is 82.5 cm³/mol. The molecule has 3 nitrogen and oxygen atoms in total. The minimum Gasteiger partial charge on any atom is -0.356 e. The average Bonchev–Trinajstić information content (AvgIpc) is 2.43. The first-order chi connectivity index (χ1) is 9.26. The Morgan fingerprint density at radius 1 is 1.21 bits per heavy atom. The van der Waals surface area contributed by atoms with Crippen molar-refractivity contribution >= 4 is 17.7 Å². The summed E-state index contributed by atoms with van der Waals surface area (Å²) in [5.41, 5.74) is 1.12. The highest BCUT2D eigenvalue weighted by molar-refractivity contribution is 7.98. The second-order valence-corrected chi connectivity index (χ2v) is 5.13. The zero-order valence-corrected chi connectivity index (χ0v) is 12.4. The van der Waals surface area contributed by atoms with Gasteiger partial charge in [-0.05, 0) is 42.5 Å². The van der Waals surface area contributed by atoms with E-state index in [-0.39, 0.29) is 5.82 Å². The van der Waals surface area contributed by atoms with Crippen LogP contribution in [0.1, 0.15) is 12.0 Å². The number of thioether (sulfide) groups is 1. The number of halogens is 1. The van der Waals surface area contributed by atoms with Gasteiger partial charge in [-0.3, -0.25) is 4.99 Å². The first-order valence-corrected chi connectivity index (χ1v) is 7.83. The van der Waals surface area contributed by atoms with Crippen LogP contribution in [0.15, 0.2) is 29.3 Å². The monoisotopic (exact) mass is 283 g/mol. The molecular weight excluding hydrogens is 261 g/mol. The predicted octanol–water partition coefficient (Wildman–Crippen LogP) is 2.29. The molecule has 0 heterocycles. The molecular formula is C14H22FN3S. The number of hydrogen-bond donors (Lipinski definition) is 2. The minimum atomic E-state index is -0.192. The number of guanidine groups is 1. The summed E-state index contributed by atoms with van der Waals surface area (Å²) >= 11 is 1.85. The molecule has 0 saturated carbocycles. The zero-order chi connectivity index (χ0) is 13.9. The number of aliphatic imine (C=N–C) groups is 1. The SMILES string of the molecule is CN=C(NCCCSC)NCCc1ccc(F)cc1. The molecule has 0 aromatic heterocycles. The van der Waals surface area contributed by atoms with Gasteiger partial charge in [0.15, 0.2) is 5.96 Å². The lowest BCUT2D eigenvalue weighted by Gasteiger charge is -2.11. The minimum absolute atomic E-state index is 0.192. The lowest BCUT2D eigenvalue weighted by atomic mass is 10.1. The molecule has 106 valence electrons. The Bertz CT molecular complexity index is 379. The Hall–Kier alpha value is -1.23. The van der Waals surface area contributed by atoms with E-state index in [0.29, 0.717) is 0 Å². The van der Waals surface area contributed by atoms with E-state index in [9.17, 15) is 4.39 Å². The van der Waals surface area contributed by atoms with Crippen molar-refractivity contribution in [2.75, 3.05) is 32.1 Å². The summed E-state index contributed by atoms with van der Waals surface area (Å²) in [7, 11) is 1.77. The fraction of sp³-hybridized carbons (Fsp3) is 0.500. The topological polar surface area (TPSA) is 36.4 Å². The van der Waals surface area contributed by atoms with Gasteiger partial charge >= 0.3 is 0 Å². The van der Waals surface area contributed by atoms with Gasteiger partial charge in [-0.1, -0.05) is 12.1 Å². The largest absolute Gasteiger partial charge is 0.356 e. The zero-order valence-electron chi connectivity index (χ0n) is 11.6. The van der Waals surface area contributed by atoms with E-state index in [1.165, 1.54) is 12.1 Å². The Balaban J connectivity index is 2.20. The number of hydrogen-bond acceptors (Lipinski definition) is 2. The molecule has 0 radical (unpaired) electrons. The van der Waals surface area contributed by atoms with Crippen LogP contribution in [0.25, 0.3) is 0 Å². The quantitative estimate of drug-likeness (QED) is 0.458. The van der Waals surface area contributed by atoms with Gasteiger partial charge in [-0.25, -0.2) is 4.39 Å². The van der Waals surface area contributed by atoms with Crippen LogP contribution < -0.4 is 10.6 Å². The standard InChI is InChI=1S/C14H22FN3S/c1-16-14(17-9-3-11-19-2)18-10-8-12-4-6-13(15)7-5-12/h4-7H,3,8-11H2,1-2H3,(H2,16,17,18). The normalized spacial score (nSPS) is 11.4. The third-order valence-corrected chi connectivity index (χ3v) is 3.36. The number of benzene rings is 1. The van der Waals surface area contributed by atoms with Gasteiger partial charge in [0.05, 0.1) is 0 Å².